The summed E-state index contributed by atoms with van der Waals surface area (Å²) in [7, 11) is 1.85. The third-order valence-corrected chi connectivity index (χ3v) is 4.27. The molecule has 1 saturated heterocycles. The molecule has 1 aliphatic rings. The number of aryl methyl sites for hydroxylation is 1. The highest BCUT2D eigenvalue weighted by Gasteiger charge is 2.18. The zero-order valence-electron chi connectivity index (χ0n) is 11.8. The summed E-state index contributed by atoms with van der Waals surface area (Å²) in [5, 5.41) is 4.53. The minimum Gasteiger partial charge on any atom is -0.350 e. The van der Waals surface area contributed by atoms with E-state index in [-0.39, 0.29) is 24.0 Å². The van der Waals surface area contributed by atoms with E-state index < -0.39 is 0 Å². The molecule has 6 heteroatoms. The summed E-state index contributed by atoms with van der Waals surface area (Å²) in [6.07, 6.45) is 4.45. The zero-order chi connectivity index (χ0) is 13.0. The number of nitrogens with zero attached hydrogens (tertiary/aromatic N) is 3. The SMILES string of the molecule is CN=C(NCc1ncc(C)s1)N1CCC(C)CC1.I. The Morgan fingerprint density at radius 3 is 2.74 bits per heavy atom. The van der Waals surface area contributed by atoms with Gasteiger partial charge in [-0.3, -0.25) is 4.99 Å². The summed E-state index contributed by atoms with van der Waals surface area (Å²) in [5.41, 5.74) is 0. The van der Waals surface area contributed by atoms with Gasteiger partial charge >= 0.3 is 0 Å². The van der Waals surface area contributed by atoms with Crippen molar-refractivity contribution in [3.05, 3.63) is 16.1 Å². The molecule has 0 saturated carbocycles. The van der Waals surface area contributed by atoms with Gasteiger partial charge in [-0.05, 0) is 25.7 Å². The number of thiazole rings is 1. The molecule has 0 unspecified atom stereocenters. The lowest BCUT2D eigenvalue weighted by Crippen LogP contribution is -2.45. The first-order valence-corrected chi connectivity index (χ1v) is 7.37. The van der Waals surface area contributed by atoms with Gasteiger partial charge < -0.3 is 10.2 Å². The molecule has 0 aromatic carbocycles. The molecule has 0 bridgehead atoms. The molecule has 2 heterocycles. The Morgan fingerprint density at radius 1 is 1.53 bits per heavy atom. The third-order valence-electron chi connectivity index (χ3n) is 3.36. The molecule has 0 amide bonds. The van der Waals surface area contributed by atoms with Crippen LogP contribution in [0.3, 0.4) is 0 Å². The monoisotopic (exact) mass is 394 g/mol. The fraction of sp³-hybridized carbons (Fsp3) is 0.692. The summed E-state index contributed by atoms with van der Waals surface area (Å²) in [4.78, 5) is 12.3. The summed E-state index contributed by atoms with van der Waals surface area (Å²) in [5.74, 6) is 1.86. The molecule has 19 heavy (non-hydrogen) atoms. The largest absolute Gasteiger partial charge is 0.350 e. The van der Waals surface area contributed by atoms with E-state index in [9.17, 15) is 0 Å². The number of aliphatic imine (C=N–C) groups is 1. The number of piperidine rings is 1. The fourth-order valence-electron chi connectivity index (χ4n) is 2.19. The average Bonchev–Trinajstić information content (AvgIpc) is 2.78. The number of aromatic nitrogens is 1. The van der Waals surface area contributed by atoms with Crippen molar-refractivity contribution in [2.75, 3.05) is 20.1 Å². The molecule has 1 fully saturated rings. The van der Waals surface area contributed by atoms with Crippen molar-refractivity contribution in [1.82, 2.24) is 15.2 Å². The van der Waals surface area contributed by atoms with Crippen LogP contribution in [0.2, 0.25) is 0 Å². The number of hydrogen-bond donors (Lipinski definition) is 1. The second-order valence-corrected chi connectivity index (χ2v) is 6.25. The topological polar surface area (TPSA) is 40.5 Å². The third kappa shape index (κ3) is 4.91. The molecular formula is C13H23IN4S. The Morgan fingerprint density at radius 2 is 2.21 bits per heavy atom. The van der Waals surface area contributed by atoms with Crippen molar-refractivity contribution in [1.29, 1.82) is 0 Å². The van der Waals surface area contributed by atoms with Crippen LogP contribution in [0.5, 0.6) is 0 Å². The molecule has 108 valence electrons. The van der Waals surface area contributed by atoms with Crippen LogP contribution in [0.1, 0.15) is 29.7 Å². The highest BCUT2D eigenvalue weighted by molar-refractivity contribution is 14.0. The van der Waals surface area contributed by atoms with Gasteiger partial charge in [0, 0.05) is 31.2 Å². The normalized spacial score (nSPS) is 17.2. The van der Waals surface area contributed by atoms with E-state index in [0.29, 0.717) is 0 Å². The summed E-state index contributed by atoms with van der Waals surface area (Å²) < 4.78 is 0. The average molecular weight is 394 g/mol. The number of hydrogen-bond acceptors (Lipinski definition) is 3. The summed E-state index contributed by atoms with van der Waals surface area (Å²) in [6.45, 7) is 7.40. The number of rotatable bonds is 2. The van der Waals surface area contributed by atoms with E-state index in [1.165, 1.54) is 17.7 Å². The van der Waals surface area contributed by atoms with Crippen LogP contribution in [0.4, 0.5) is 0 Å². The molecule has 1 aromatic heterocycles. The predicted octanol–water partition coefficient (Wildman–Crippen LogP) is 2.88. The maximum absolute atomic E-state index is 4.37. The lowest BCUT2D eigenvalue weighted by atomic mass is 10.00. The molecule has 4 nitrogen and oxygen atoms in total. The van der Waals surface area contributed by atoms with E-state index >= 15 is 0 Å². The first-order chi connectivity index (χ1) is 8.69. The standard InChI is InChI=1S/C13H22N4S.HI/c1-10-4-6-17(7-5-10)13(14-3)16-9-12-15-8-11(2)18-12;/h8,10H,4-7,9H2,1-3H3,(H,14,16);1H. The zero-order valence-corrected chi connectivity index (χ0v) is 15.0. The van der Waals surface area contributed by atoms with Gasteiger partial charge in [-0.25, -0.2) is 4.98 Å². The van der Waals surface area contributed by atoms with Crippen LogP contribution >= 0.6 is 35.3 Å². The molecule has 2 rings (SSSR count). The highest BCUT2D eigenvalue weighted by Crippen LogP contribution is 2.16. The van der Waals surface area contributed by atoms with Gasteiger partial charge in [-0.2, -0.15) is 0 Å². The number of likely N-dealkylation sites (tertiary alicyclic amines) is 1. The molecule has 0 spiro atoms. The lowest BCUT2D eigenvalue weighted by Gasteiger charge is -2.32. The van der Waals surface area contributed by atoms with Gasteiger partial charge in [0.1, 0.15) is 5.01 Å². The van der Waals surface area contributed by atoms with Crippen molar-refractivity contribution in [2.45, 2.75) is 33.2 Å². The van der Waals surface area contributed by atoms with Gasteiger partial charge in [0.15, 0.2) is 5.96 Å². The Labute approximate surface area is 136 Å². The van der Waals surface area contributed by atoms with Crippen LogP contribution in [0.25, 0.3) is 0 Å². The van der Waals surface area contributed by atoms with Crippen molar-refractivity contribution < 1.29 is 0 Å². The second-order valence-electron chi connectivity index (χ2n) is 4.93. The van der Waals surface area contributed by atoms with E-state index in [0.717, 1.165) is 36.5 Å². The molecule has 1 aliphatic heterocycles. The van der Waals surface area contributed by atoms with Crippen LogP contribution in [0.15, 0.2) is 11.2 Å². The lowest BCUT2D eigenvalue weighted by molar-refractivity contribution is 0.273. The quantitative estimate of drug-likeness (QED) is 0.477. The number of halogens is 1. The maximum Gasteiger partial charge on any atom is 0.193 e. The van der Waals surface area contributed by atoms with Gasteiger partial charge in [-0.15, -0.1) is 35.3 Å². The van der Waals surface area contributed by atoms with Crippen molar-refractivity contribution >= 4 is 41.3 Å². The molecule has 1 N–H and O–H groups in total. The maximum atomic E-state index is 4.37. The predicted molar refractivity (Wildman–Crippen MR) is 92.4 cm³/mol. The molecular weight excluding hydrogens is 371 g/mol. The Hall–Kier alpha value is -0.370. The first kappa shape index (κ1) is 16.7. The second kappa shape index (κ2) is 8.04. The number of guanidine groups is 1. The van der Waals surface area contributed by atoms with Gasteiger partial charge in [-0.1, -0.05) is 6.92 Å². The Bertz CT molecular complexity index is 411. The Balaban J connectivity index is 0.00000180. The van der Waals surface area contributed by atoms with E-state index in [2.05, 4.69) is 34.0 Å². The highest BCUT2D eigenvalue weighted by atomic mass is 127. The Kier molecular flexibility index (Phi) is 7.06. The van der Waals surface area contributed by atoms with Crippen LogP contribution in [-0.4, -0.2) is 36.0 Å². The van der Waals surface area contributed by atoms with Gasteiger partial charge in [0.2, 0.25) is 0 Å². The molecule has 0 aliphatic carbocycles. The minimum absolute atomic E-state index is 0. The number of nitrogens with one attached hydrogen (secondary N) is 1. The van der Waals surface area contributed by atoms with E-state index in [1.807, 2.05) is 13.2 Å². The van der Waals surface area contributed by atoms with Crippen molar-refractivity contribution in [3.8, 4) is 0 Å². The van der Waals surface area contributed by atoms with Gasteiger partial charge in [0.05, 0.1) is 6.54 Å². The van der Waals surface area contributed by atoms with Gasteiger partial charge in [0.25, 0.3) is 0 Å². The van der Waals surface area contributed by atoms with E-state index in [1.54, 1.807) is 11.3 Å². The molecule has 0 radical (unpaired) electrons. The van der Waals surface area contributed by atoms with Crippen LogP contribution < -0.4 is 5.32 Å². The smallest absolute Gasteiger partial charge is 0.193 e. The molecule has 0 atom stereocenters. The summed E-state index contributed by atoms with van der Waals surface area (Å²) >= 11 is 1.74. The fourth-order valence-corrected chi connectivity index (χ4v) is 2.92. The minimum atomic E-state index is 0. The first-order valence-electron chi connectivity index (χ1n) is 6.56. The van der Waals surface area contributed by atoms with Crippen molar-refractivity contribution in [3.63, 3.8) is 0 Å². The van der Waals surface area contributed by atoms with E-state index in [4.69, 9.17) is 0 Å². The van der Waals surface area contributed by atoms with Crippen LogP contribution in [-0.2, 0) is 6.54 Å². The summed E-state index contributed by atoms with van der Waals surface area (Å²) in [6, 6.07) is 0. The van der Waals surface area contributed by atoms with Crippen LogP contribution in [0, 0.1) is 12.8 Å². The van der Waals surface area contributed by atoms with Crippen molar-refractivity contribution in [2.24, 2.45) is 10.9 Å². The molecule has 1 aromatic rings.